The van der Waals surface area contributed by atoms with Crippen LogP contribution in [0.2, 0.25) is 0 Å². The van der Waals surface area contributed by atoms with E-state index in [1.54, 1.807) is 18.2 Å². The highest BCUT2D eigenvalue weighted by Gasteiger charge is 2.35. The Balaban J connectivity index is 1.98. The van der Waals surface area contributed by atoms with E-state index in [-0.39, 0.29) is 30.1 Å². The smallest absolute Gasteiger partial charge is 0.306 e. The highest BCUT2D eigenvalue weighted by atomic mass is 16.5. The second-order valence-corrected chi connectivity index (χ2v) is 5.53. The van der Waals surface area contributed by atoms with Crippen molar-refractivity contribution in [1.29, 1.82) is 0 Å². The monoisotopic (exact) mass is 305 g/mol. The normalized spacial score (nSPS) is 19.9. The minimum Gasteiger partial charge on any atom is -0.496 e. The summed E-state index contributed by atoms with van der Waals surface area (Å²) in [4.78, 5) is 34.2. The van der Waals surface area contributed by atoms with Crippen LogP contribution < -0.4 is 10.1 Å². The van der Waals surface area contributed by atoms with Gasteiger partial charge < -0.3 is 15.2 Å². The van der Waals surface area contributed by atoms with Gasteiger partial charge >= 0.3 is 5.97 Å². The van der Waals surface area contributed by atoms with Gasteiger partial charge in [-0.2, -0.15) is 0 Å². The largest absolute Gasteiger partial charge is 0.496 e. The number of hydrogen-bond donors (Lipinski definition) is 2. The zero-order chi connectivity index (χ0) is 16.3. The average Bonchev–Trinajstić information content (AvgIpc) is 2.41. The third kappa shape index (κ3) is 3.63. The fourth-order valence-electron chi connectivity index (χ4n) is 2.52. The molecule has 2 rings (SSSR count). The Hall–Kier alpha value is -2.37. The lowest BCUT2D eigenvalue weighted by Gasteiger charge is -2.32. The second-order valence-electron chi connectivity index (χ2n) is 5.53. The molecule has 1 aromatic rings. The number of carbonyl (C=O) groups is 3. The Morgan fingerprint density at radius 3 is 2.55 bits per heavy atom. The topological polar surface area (TPSA) is 92.7 Å². The molecule has 1 amide bonds. The molecule has 6 heteroatoms. The Morgan fingerprint density at radius 2 is 2.00 bits per heavy atom. The van der Waals surface area contributed by atoms with E-state index >= 15 is 0 Å². The van der Waals surface area contributed by atoms with Crippen molar-refractivity contribution in [3.8, 4) is 5.75 Å². The van der Waals surface area contributed by atoms with Crippen LogP contribution in [0.25, 0.3) is 0 Å². The molecule has 6 nitrogen and oxygen atoms in total. The Bertz CT molecular complexity index is 605. The summed E-state index contributed by atoms with van der Waals surface area (Å²) in [5.74, 6) is -0.903. The fraction of sp³-hybridized carbons (Fsp3) is 0.438. The summed E-state index contributed by atoms with van der Waals surface area (Å²) in [5, 5.41) is 11.6. The van der Waals surface area contributed by atoms with E-state index in [9.17, 15) is 14.4 Å². The van der Waals surface area contributed by atoms with Crippen LogP contribution in [0.4, 0.5) is 0 Å². The van der Waals surface area contributed by atoms with Crippen LogP contribution in [0.15, 0.2) is 18.2 Å². The first-order valence-electron chi connectivity index (χ1n) is 7.10. The predicted molar refractivity (Wildman–Crippen MR) is 79.0 cm³/mol. The van der Waals surface area contributed by atoms with E-state index in [2.05, 4.69) is 5.32 Å². The molecule has 2 N–H and O–H groups in total. The number of aliphatic carboxylic acids is 1. The van der Waals surface area contributed by atoms with Gasteiger partial charge in [0.25, 0.3) is 0 Å². The lowest BCUT2D eigenvalue weighted by atomic mass is 9.80. The van der Waals surface area contributed by atoms with E-state index < -0.39 is 5.97 Å². The van der Waals surface area contributed by atoms with Crippen LogP contribution >= 0.6 is 0 Å². The molecule has 0 radical (unpaired) electrons. The number of hydrogen-bond acceptors (Lipinski definition) is 4. The number of benzene rings is 1. The fourth-order valence-corrected chi connectivity index (χ4v) is 2.52. The highest BCUT2D eigenvalue weighted by molar-refractivity contribution is 5.94. The number of rotatable bonds is 6. The quantitative estimate of drug-likeness (QED) is 0.775. The second kappa shape index (κ2) is 6.60. The molecular formula is C16H19NO5. The van der Waals surface area contributed by atoms with Crippen molar-refractivity contribution >= 4 is 17.7 Å². The highest BCUT2D eigenvalue weighted by Crippen LogP contribution is 2.28. The molecule has 0 atom stereocenters. The number of ketones is 1. The Labute approximate surface area is 128 Å². The van der Waals surface area contributed by atoms with Gasteiger partial charge in [-0.1, -0.05) is 0 Å². The summed E-state index contributed by atoms with van der Waals surface area (Å²) in [6.07, 6.45) is 1.02. The number of carbonyl (C=O) groups excluding carboxylic acids is 2. The van der Waals surface area contributed by atoms with E-state index in [0.717, 1.165) is 0 Å². The molecule has 0 unspecified atom stereocenters. The molecule has 22 heavy (non-hydrogen) atoms. The molecule has 0 spiro atoms. The molecule has 0 aliphatic heterocycles. The third-order valence-electron chi connectivity index (χ3n) is 3.89. The summed E-state index contributed by atoms with van der Waals surface area (Å²) in [6, 6.07) is 4.90. The van der Waals surface area contributed by atoms with Crippen molar-refractivity contribution < 1.29 is 24.2 Å². The summed E-state index contributed by atoms with van der Waals surface area (Å²) < 4.78 is 5.21. The maximum atomic E-state index is 12.0. The van der Waals surface area contributed by atoms with Gasteiger partial charge in [-0.15, -0.1) is 0 Å². The maximum Gasteiger partial charge on any atom is 0.306 e. The molecule has 1 aliphatic carbocycles. The average molecular weight is 305 g/mol. The molecule has 0 saturated heterocycles. The van der Waals surface area contributed by atoms with Gasteiger partial charge in [0.05, 0.1) is 19.4 Å². The molecule has 0 heterocycles. The third-order valence-corrected chi connectivity index (χ3v) is 3.89. The first kappa shape index (κ1) is 16.0. The van der Waals surface area contributed by atoms with Crippen LogP contribution in [-0.4, -0.2) is 35.9 Å². The van der Waals surface area contributed by atoms with Crippen molar-refractivity contribution in [2.45, 2.75) is 32.2 Å². The summed E-state index contributed by atoms with van der Waals surface area (Å²) in [6.45, 7) is 1.46. The van der Waals surface area contributed by atoms with E-state index in [1.165, 1.54) is 14.0 Å². The van der Waals surface area contributed by atoms with Crippen molar-refractivity contribution in [2.24, 2.45) is 5.92 Å². The van der Waals surface area contributed by atoms with Gasteiger partial charge in [-0.25, -0.2) is 0 Å². The zero-order valence-electron chi connectivity index (χ0n) is 12.6. The first-order chi connectivity index (χ1) is 10.4. The number of nitrogens with one attached hydrogen (secondary N) is 1. The molecule has 1 aromatic carbocycles. The molecule has 0 aromatic heterocycles. The van der Waals surface area contributed by atoms with Crippen LogP contribution in [-0.2, 0) is 16.0 Å². The van der Waals surface area contributed by atoms with E-state index in [4.69, 9.17) is 9.84 Å². The van der Waals surface area contributed by atoms with Crippen molar-refractivity contribution in [1.82, 2.24) is 5.32 Å². The van der Waals surface area contributed by atoms with Crippen LogP contribution in [0.3, 0.4) is 0 Å². The van der Waals surface area contributed by atoms with Gasteiger partial charge in [-0.05, 0) is 38.0 Å². The number of methoxy groups -OCH3 is 1. The van der Waals surface area contributed by atoms with Crippen LogP contribution in [0.5, 0.6) is 5.75 Å². The van der Waals surface area contributed by atoms with Gasteiger partial charge in [0.2, 0.25) is 5.91 Å². The standard InChI is InChI=1S/C16H19NO5/c1-9(18)10-3-4-14(22-2)11(5-10)8-15(19)17-13-6-12(7-13)16(20)21/h3-5,12-13H,6-8H2,1-2H3,(H,17,19)(H,20,21). The van der Waals surface area contributed by atoms with Crippen LogP contribution in [0, 0.1) is 5.92 Å². The van der Waals surface area contributed by atoms with Gasteiger partial charge in [0.1, 0.15) is 5.75 Å². The molecule has 0 bridgehead atoms. The maximum absolute atomic E-state index is 12.0. The number of carboxylic acids is 1. The van der Waals surface area contributed by atoms with Gasteiger partial charge in [0.15, 0.2) is 5.78 Å². The Kier molecular flexibility index (Phi) is 4.80. The zero-order valence-corrected chi connectivity index (χ0v) is 12.6. The van der Waals surface area contributed by atoms with Crippen molar-refractivity contribution in [3.63, 3.8) is 0 Å². The molecule has 118 valence electrons. The lowest BCUT2D eigenvalue weighted by Crippen LogP contribution is -2.47. The summed E-state index contributed by atoms with van der Waals surface area (Å²) >= 11 is 0. The minimum atomic E-state index is -0.818. The predicted octanol–water partition coefficient (Wildman–Crippen LogP) is 1.42. The van der Waals surface area contributed by atoms with Crippen LogP contribution in [0.1, 0.15) is 35.7 Å². The molecule has 1 saturated carbocycles. The minimum absolute atomic E-state index is 0.0763. The molecule has 1 fully saturated rings. The number of ether oxygens (including phenoxy) is 1. The molecular weight excluding hydrogens is 286 g/mol. The van der Waals surface area contributed by atoms with Crippen molar-refractivity contribution in [2.75, 3.05) is 7.11 Å². The SMILES string of the molecule is COc1ccc(C(C)=O)cc1CC(=O)NC1CC(C(=O)O)C1. The van der Waals surface area contributed by atoms with E-state index in [0.29, 0.717) is 29.7 Å². The van der Waals surface area contributed by atoms with Crippen molar-refractivity contribution in [3.05, 3.63) is 29.3 Å². The number of carboxylic acid groups (broad SMARTS) is 1. The lowest BCUT2D eigenvalue weighted by molar-refractivity contribution is -0.146. The number of Topliss-reactive ketones (excluding diaryl/α,β-unsaturated/α-hetero) is 1. The van der Waals surface area contributed by atoms with E-state index in [1.807, 2.05) is 0 Å². The molecule has 1 aliphatic rings. The van der Waals surface area contributed by atoms with Gasteiger partial charge in [-0.3, -0.25) is 14.4 Å². The number of amides is 1. The summed E-state index contributed by atoms with van der Waals surface area (Å²) in [5.41, 5.74) is 1.17. The summed E-state index contributed by atoms with van der Waals surface area (Å²) in [7, 11) is 1.51. The Morgan fingerprint density at radius 1 is 1.32 bits per heavy atom. The first-order valence-corrected chi connectivity index (χ1v) is 7.10. The van der Waals surface area contributed by atoms with Gasteiger partial charge in [0, 0.05) is 17.2 Å².